The van der Waals surface area contributed by atoms with Crippen LogP contribution in [0.25, 0.3) is 0 Å². The second-order valence-corrected chi connectivity index (χ2v) is 7.65. The molecule has 0 saturated carbocycles. The molecule has 0 spiro atoms. The van der Waals surface area contributed by atoms with E-state index in [0.29, 0.717) is 16.5 Å². The Hall–Kier alpha value is -1.60. The van der Waals surface area contributed by atoms with Gasteiger partial charge in [0.15, 0.2) is 0 Å². The third-order valence-corrected chi connectivity index (χ3v) is 5.77. The topological polar surface area (TPSA) is 44.8 Å². The number of rotatable bonds is 6. The van der Waals surface area contributed by atoms with E-state index in [-0.39, 0.29) is 11.9 Å². The van der Waals surface area contributed by atoms with Crippen molar-refractivity contribution in [2.75, 3.05) is 38.6 Å². The average molecular weight is 394 g/mol. The highest BCUT2D eigenvalue weighted by atomic mass is 35.5. The van der Waals surface area contributed by atoms with Gasteiger partial charge in [0.25, 0.3) is 0 Å². The number of anilines is 1. The van der Waals surface area contributed by atoms with Crippen molar-refractivity contribution < 1.29 is 9.53 Å². The van der Waals surface area contributed by atoms with Crippen LogP contribution in [-0.2, 0) is 11.3 Å². The molecule has 1 aromatic heterocycles. The van der Waals surface area contributed by atoms with E-state index in [9.17, 15) is 4.79 Å². The molecule has 1 atom stereocenters. The van der Waals surface area contributed by atoms with Crippen LogP contribution in [0.2, 0.25) is 5.02 Å². The molecule has 26 heavy (non-hydrogen) atoms. The van der Waals surface area contributed by atoms with Crippen LogP contribution in [0.1, 0.15) is 12.5 Å². The van der Waals surface area contributed by atoms with Gasteiger partial charge < -0.3 is 10.1 Å². The lowest BCUT2D eigenvalue weighted by Gasteiger charge is -2.37. The van der Waals surface area contributed by atoms with Crippen molar-refractivity contribution in [3.8, 4) is 5.75 Å². The standard InChI is InChI=1S/C19H24ClN3O2S/c1-14(19(24)21-16-3-4-18(25-2)17(20)11-16)23-8-6-22(7-9-23)12-15-5-10-26-13-15/h3-5,10-11,13-14H,6-9,12H2,1-2H3,(H,21,24)/t14-/m0/s1. The lowest BCUT2D eigenvalue weighted by atomic mass is 10.2. The molecule has 5 nitrogen and oxygen atoms in total. The summed E-state index contributed by atoms with van der Waals surface area (Å²) < 4.78 is 5.14. The summed E-state index contributed by atoms with van der Waals surface area (Å²) >= 11 is 7.86. The number of nitrogens with zero attached hydrogens (tertiary/aromatic N) is 2. The lowest BCUT2D eigenvalue weighted by Crippen LogP contribution is -2.52. The van der Waals surface area contributed by atoms with E-state index in [4.69, 9.17) is 16.3 Å². The second kappa shape index (κ2) is 8.86. The Morgan fingerprint density at radius 3 is 2.69 bits per heavy atom. The van der Waals surface area contributed by atoms with Crippen molar-refractivity contribution in [3.05, 3.63) is 45.6 Å². The van der Waals surface area contributed by atoms with Crippen LogP contribution in [0.3, 0.4) is 0 Å². The van der Waals surface area contributed by atoms with E-state index < -0.39 is 0 Å². The third-order valence-electron chi connectivity index (χ3n) is 4.74. The lowest BCUT2D eigenvalue weighted by molar-refractivity contribution is -0.121. The Morgan fingerprint density at radius 1 is 1.31 bits per heavy atom. The van der Waals surface area contributed by atoms with Crippen molar-refractivity contribution >= 4 is 34.5 Å². The molecule has 7 heteroatoms. The van der Waals surface area contributed by atoms with Crippen LogP contribution in [0.15, 0.2) is 35.0 Å². The molecule has 1 fully saturated rings. The molecule has 2 heterocycles. The quantitative estimate of drug-likeness (QED) is 0.815. The van der Waals surface area contributed by atoms with Gasteiger partial charge in [0.2, 0.25) is 5.91 Å². The number of halogens is 1. The molecule has 0 unspecified atom stereocenters. The number of thiophene rings is 1. The first-order valence-corrected chi connectivity index (χ1v) is 10.0. The molecule has 0 bridgehead atoms. The number of hydrogen-bond donors (Lipinski definition) is 1. The minimum absolute atomic E-state index is 0.0162. The molecule has 1 saturated heterocycles. The van der Waals surface area contributed by atoms with Gasteiger partial charge in [-0.25, -0.2) is 0 Å². The summed E-state index contributed by atoms with van der Waals surface area (Å²) in [5, 5.41) is 7.74. The highest BCUT2D eigenvalue weighted by Crippen LogP contribution is 2.27. The fourth-order valence-corrected chi connectivity index (χ4v) is 4.02. The van der Waals surface area contributed by atoms with Crippen molar-refractivity contribution in [1.29, 1.82) is 0 Å². The van der Waals surface area contributed by atoms with E-state index in [1.807, 2.05) is 6.92 Å². The number of methoxy groups -OCH3 is 1. The van der Waals surface area contributed by atoms with Crippen molar-refractivity contribution in [3.63, 3.8) is 0 Å². The Morgan fingerprint density at radius 2 is 2.08 bits per heavy atom. The summed E-state index contributed by atoms with van der Waals surface area (Å²) in [5.74, 6) is 0.581. The first-order chi connectivity index (χ1) is 12.6. The first-order valence-electron chi connectivity index (χ1n) is 8.68. The summed E-state index contributed by atoms with van der Waals surface area (Å²) in [4.78, 5) is 17.2. The number of ether oxygens (including phenoxy) is 1. The molecule has 1 aliphatic heterocycles. The van der Waals surface area contributed by atoms with Crippen LogP contribution in [0.5, 0.6) is 5.75 Å². The number of carbonyl (C=O) groups is 1. The molecule has 3 rings (SSSR count). The van der Waals surface area contributed by atoms with Gasteiger partial charge >= 0.3 is 0 Å². The molecule has 1 aromatic carbocycles. The summed E-state index contributed by atoms with van der Waals surface area (Å²) in [6, 6.07) is 7.26. The maximum atomic E-state index is 12.6. The van der Waals surface area contributed by atoms with Gasteiger partial charge in [-0.05, 0) is 47.5 Å². The van der Waals surface area contributed by atoms with Gasteiger partial charge in [0, 0.05) is 38.4 Å². The average Bonchev–Trinajstić information content (AvgIpc) is 3.15. The fourth-order valence-electron chi connectivity index (χ4n) is 3.11. The molecular weight excluding hydrogens is 370 g/mol. The van der Waals surface area contributed by atoms with Crippen molar-refractivity contribution in [2.24, 2.45) is 0 Å². The number of hydrogen-bond acceptors (Lipinski definition) is 5. The normalized spacial score (nSPS) is 17.0. The summed E-state index contributed by atoms with van der Waals surface area (Å²) in [7, 11) is 1.57. The Kier molecular flexibility index (Phi) is 6.53. The predicted molar refractivity (Wildman–Crippen MR) is 107 cm³/mol. The smallest absolute Gasteiger partial charge is 0.241 e. The zero-order valence-electron chi connectivity index (χ0n) is 15.1. The van der Waals surface area contributed by atoms with Gasteiger partial charge in [-0.3, -0.25) is 14.6 Å². The van der Waals surface area contributed by atoms with E-state index in [1.54, 1.807) is 36.6 Å². The molecular formula is C19H24ClN3O2S. The van der Waals surface area contributed by atoms with Gasteiger partial charge in [0.05, 0.1) is 18.2 Å². The zero-order valence-corrected chi connectivity index (χ0v) is 16.6. The molecule has 2 aromatic rings. The van der Waals surface area contributed by atoms with Gasteiger partial charge in [-0.2, -0.15) is 11.3 Å². The Labute approximate surface area is 163 Å². The van der Waals surface area contributed by atoms with Crippen LogP contribution < -0.4 is 10.1 Å². The SMILES string of the molecule is COc1ccc(NC(=O)[C@H](C)N2CCN(Cc3ccsc3)CC2)cc1Cl. The van der Waals surface area contributed by atoms with Crippen molar-refractivity contribution in [2.45, 2.75) is 19.5 Å². The number of benzene rings is 1. The highest BCUT2D eigenvalue weighted by molar-refractivity contribution is 7.07. The van der Waals surface area contributed by atoms with E-state index >= 15 is 0 Å². The number of nitrogens with one attached hydrogen (secondary N) is 1. The minimum atomic E-state index is -0.181. The maximum Gasteiger partial charge on any atom is 0.241 e. The predicted octanol–water partition coefficient (Wildman–Crippen LogP) is 3.55. The summed E-state index contributed by atoms with van der Waals surface area (Å²) in [6.07, 6.45) is 0. The Bertz CT molecular complexity index is 730. The number of amides is 1. The molecule has 140 valence electrons. The third kappa shape index (κ3) is 4.76. The van der Waals surface area contributed by atoms with Gasteiger partial charge in [-0.1, -0.05) is 11.6 Å². The van der Waals surface area contributed by atoms with E-state index in [2.05, 4.69) is 31.9 Å². The molecule has 0 radical (unpaired) electrons. The summed E-state index contributed by atoms with van der Waals surface area (Å²) in [6.45, 7) is 6.67. The monoisotopic (exact) mass is 393 g/mol. The van der Waals surface area contributed by atoms with Crippen LogP contribution >= 0.6 is 22.9 Å². The fraction of sp³-hybridized carbons (Fsp3) is 0.421. The second-order valence-electron chi connectivity index (χ2n) is 6.46. The highest BCUT2D eigenvalue weighted by Gasteiger charge is 2.25. The maximum absolute atomic E-state index is 12.6. The summed E-state index contributed by atoms with van der Waals surface area (Å²) in [5.41, 5.74) is 2.05. The van der Waals surface area contributed by atoms with E-state index in [1.165, 1.54) is 5.56 Å². The van der Waals surface area contributed by atoms with Gasteiger partial charge in [-0.15, -0.1) is 0 Å². The van der Waals surface area contributed by atoms with Crippen LogP contribution in [0.4, 0.5) is 5.69 Å². The number of piperazine rings is 1. The van der Waals surface area contributed by atoms with E-state index in [0.717, 1.165) is 32.7 Å². The number of carbonyl (C=O) groups excluding carboxylic acids is 1. The van der Waals surface area contributed by atoms with Crippen molar-refractivity contribution in [1.82, 2.24) is 9.80 Å². The molecule has 1 aliphatic rings. The molecule has 1 N–H and O–H groups in total. The van der Waals surface area contributed by atoms with Gasteiger partial charge in [0.1, 0.15) is 5.75 Å². The largest absolute Gasteiger partial charge is 0.495 e. The first kappa shape index (κ1) is 19.2. The zero-order chi connectivity index (χ0) is 18.5. The van der Waals surface area contributed by atoms with Crippen LogP contribution in [0, 0.1) is 0 Å². The van der Waals surface area contributed by atoms with Crippen LogP contribution in [-0.4, -0.2) is 55.0 Å². The minimum Gasteiger partial charge on any atom is -0.495 e. The molecule has 0 aliphatic carbocycles. The molecule has 1 amide bonds. The Balaban J connectivity index is 1.50.